The Labute approximate surface area is 112 Å². The molecule has 0 radical (unpaired) electrons. The number of rotatable bonds is 5. The average Bonchev–Trinajstić information content (AvgIpc) is 2.78. The molecule has 0 unspecified atom stereocenters. The lowest BCUT2D eigenvalue weighted by Gasteiger charge is -2.33. The Kier molecular flexibility index (Phi) is 5.07. The Bertz CT molecular complexity index is 334. The van der Waals surface area contributed by atoms with Crippen molar-refractivity contribution >= 4 is 15.9 Å². The Morgan fingerprint density at radius 1 is 1.41 bits per heavy atom. The lowest BCUT2D eigenvalue weighted by Crippen LogP contribution is -2.45. The molecule has 1 N–H and O–H groups in total. The maximum absolute atomic E-state index is 5.75. The van der Waals surface area contributed by atoms with E-state index in [1.54, 1.807) is 0 Å². The third kappa shape index (κ3) is 3.57. The third-order valence-electron chi connectivity index (χ3n) is 3.35. The molecule has 1 aromatic heterocycles. The van der Waals surface area contributed by atoms with E-state index in [2.05, 4.69) is 39.1 Å². The van der Waals surface area contributed by atoms with E-state index in [0.717, 1.165) is 36.6 Å². The predicted molar refractivity (Wildman–Crippen MR) is 73.1 cm³/mol. The molecule has 17 heavy (non-hydrogen) atoms. The third-order valence-corrected chi connectivity index (χ3v) is 3.77. The van der Waals surface area contributed by atoms with Crippen LogP contribution >= 0.6 is 15.9 Å². The van der Waals surface area contributed by atoms with Crippen molar-refractivity contribution < 1.29 is 4.42 Å². The van der Waals surface area contributed by atoms with Gasteiger partial charge in [0.25, 0.3) is 0 Å². The first-order valence-electron chi connectivity index (χ1n) is 6.51. The van der Waals surface area contributed by atoms with Gasteiger partial charge < -0.3 is 9.73 Å². The van der Waals surface area contributed by atoms with Gasteiger partial charge in [0, 0.05) is 26.2 Å². The van der Waals surface area contributed by atoms with Crippen molar-refractivity contribution in [3.8, 4) is 0 Å². The number of furan rings is 1. The van der Waals surface area contributed by atoms with Crippen molar-refractivity contribution in [3.05, 3.63) is 22.6 Å². The lowest BCUT2D eigenvalue weighted by molar-refractivity contribution is 0.143. The van der Waals surface area contributed by atoms with Gasteiger partial charge in [-0.2, -0.15) is 0 Å². The van der Waals surface area contributed by atoms with Crippen molar-refractivity contribution in [3.63, 3.8) is 0 Å². The molecule has 1 saturated heterocycles. The summed E-state index contributed by atoms with van der Waals surface area (Å²) in [5.74, 6) is 1.10. The van der Waals surface area contributed by atoms with E-state index in [1.165, 1.54) is 19.3 Å². The molecule has 2 heterocycles. The van der Waals surface area contributed by atoms with Gasteiger partial charge >= 0.3 is 0 Å². The highest BCUT2D eigenvalue weighted by atomic mass is 79.9. The maximum atomic E-state index is 5.75. The Morgan fingerprint density at radius 3 is 2.76 bits per heavy atom. The monoisotopic (exact) mass is 300 g/mol. The van der Waals surface area contributed by atoms with Gasteiger partial charge in [-0.3, -0.25) is 4.90 Å². The molecule has 1 aliphatic heterocycles. The van der Waals surface area contributed by atoms with E-state index in [0.29, 0.717) is 6.04 Å². The van der Waals surface area contributed by atoms with Crippen LogP contribution in [0, 0.1) is 0 Å². The minimum absolute atomic E-state index is 0.448. The minimum atomic E-state index is 0.448. The van der Waals surface area contributed by atoms with Gasteiger partial charge in [0.1, 0.15) is 5.76 Å². The minimum Gasteiger partial charge on any atom is -0.453 e. The normalized spacial score (nSPS) is 19.4. The van der Waals surface area contributed by atoms with E-state index >= 15 is 0 Å². The Hall–Kier alpha value is -0.320. The number of hydrogen-bond donors (Lipinski definition) is 1. The zero-order chi connectivity index (χ0) is 12.1. The second-order valence-corrected chi connectivity index (χ2v) is 5.37. The van der Waals surface area contributed by atoms with E-state index < -0.39 is 0 Å². The van der Waals surface area contributed by atoms with Crippen LogP contribution in [0.2, 0.25) is 0 Å². The van der Waals surface area contributed by atoms with Gasteiger partial charge in [-0.25, -0.2) is 0 Å². The second-order valence-electron chi connectivity index (χ2n) is 4.59. The molecule has 0 amide bonds. The van der Waals surface area contributed by atoms with Crippen molar-refractivity contribution in [2.24, 2.45) is 0 Å². The summed E-state index contributed by atoms with van der Waals surface area (Å²) in [5, 5.41) is 3.40. The number of nitrogens with one attached hydrogen (secondary N) is 1. The van der Waals surface area contributed by atoms with Gasteiger partial charge in [0.2, 0.25) is 0 Å². The number of piperazine rings is 1. The van der Waals surface area contributed by atoms with Gasteiger partial charge in [-0.1, -0.05) is 19.8 Å². The SMILES string of the molecule is CCCC[C@H](c1ccc(Br)o1)N1CCNCC1. The van der Waals surface area contributed by atoms with Crippen LogP contribution in [0.4, 0.5) is 0 Å². The van der Waals surface area contributed by atoms with Gasteiger partial charge in [-0.05, 0) is 34.5 Å². The number of unbranched alkanes of at least 4 members (excludes halogenated alkanes) is 1. The molecule has 0 aromatic carbocycles. The molecule has 1 aromatic rings. The zero-order valence-electron chi connectivity index (χ0n) is 10.4. The van der Waals surface area contributed by atoms with Crippen molar-refractivity contribution in [2.75, 3.05) is 26.2 Å². The molecule has 0 saturated carbocycles. The number of nitrogens with zero attached hydrogens (tertiary/aromatic N) is 1. The van der Waals surface area contributed by atoms with E-state index in [9.17, 15) is 0 Å². The summed E-state index contributed by atoms with van der Waals surface area (Å²) >= 11 is 3.40. The quantitative estimate of drug-likeness (QED) is 0.905. The first-order valence-corrected chi connectivity index (χ1v) is 7.30. The van der Waals surface area contributed by atoms with Crippen molar-refractivity contribution in [1.29, 1.82) is 0 Å². The van der Waals surface area contributed by atoms with E-state index in [-0.39, 0.29) is 0 Å². The summed E-state index contributed by atoms with van der Waals surface area (Å²) in [6, 6.07) is 4.55. The van der Waals surface area contributed by atoms with Crippen LogP contribution < -0.4 is 5.32 Å². The Balaban J connectivity index is 2.06. The molecule has 1 atom stereocenters. The zero-order valence-corrected chi connectivity index (χ0v) is 12.0. The summed E-state index contributed by atoms with van der Waals surface area (Å²) in [4.78, 5) is 2.54. The van der Waals surface area contributed by atoms with E-state index in [1.807, 2.05) is 6.07 Å². The summed E-state index contributed by atoms with van der Waals surface area (Å²) in [6.07, 6.45) is 3.69. The summed E-state index contributed by atoms with van der Waals surface area (Å²) < 4.78 is 6.59. The van der Waals surface area contributed by atoms with Gasteiger partial charge in [0.15, 0.2) is 4.67 Å². The van der Waals surface area contributed by atoms with Crippen molar-refractivity contribution in [2.45, 2.75) is 32.2 Å². The van der Waals surface area contributed by atoms with Crippen LogP contribution in [-0.2, 0) is 0 Å². The lowest BCUT2D eigenvalue weighted by atomic mass is 10.0. The maximum Gasteiger partial charge on any atom is 0.169 e. The molecular weight excluding hydrogens is 280 g/mol. The highest BCUT2D eigenvalue weighted by molar-refractivity contribution is 9.10. The number of halogens is 1. The first kappa shape index (κ1) is 13.1. The van der Waals surface area contributed by atoms with Crippen LogP contribution in [0.3, 0.4) is 0 Å². The topological polar surface area (TPSA) is 28.4 Å². The Morgan fingerprint density at radius 2 is 2.18 bits per heavy atom. The molecule has 96 valence electrons. The fourth-order valence-corrected chi connectivity index (χ4v) is 2.72. The molecule has 0 spiro atoms. The van der Waals surface area contributed by atoms with Crippen LogP contribution in [0.1, 0.15) is 38.0 Å². The van der Waals surface area contributed by atoms with E-state index in [4.69, 9.17) is 4.42 Å². The molecular formula is C13H21BrN2O. The predicted octanol–water partition coefficient (Wildman–Crippen LogP) is 3.18. The van der Waals surface area contributed by atoms with Gasteiger partial charge in [0.05, 0.1) is 6.04 Å². The van der Waals surface area contributed by atoms with Crippen LogP contribution in [0.25, 0.3) is 0 Å². The molecule has 1 aliphatic rings. The largest absolute Gasteiger partial charge is 0.453 e. The highest BCUT2D eigenvalue weighted by Gasteiger charge is 2.24. The number of hydrogen-bond acceptors (Lipinski definition) is 3. The average molecular weight is 301 g/mol. The van der Waals surface area contributed by atoms with Crippen LogP contribution in [0.15, 0.2) is 21.2 Å². The molecule has 1 fully saturated rings. The van der Waals surface area contributed by atoms with Crippen LogP contribution in [-0.4, -0.2) is 31.1 Å². The standard InChI is InChI=1S/C13H21BrN2O/c1-2-3-4-11(12-5-6-13(14)17-12)16-9-7-15-8-10-16/h5-6,11,15H,2-4,7-10H2,1H3/t11-/m1/s1. The molecule has 2 rings (SSSR count). The van der Waals surface area contributed by atoms with Crippen molar-refractivity contribution in [1.82, 2.24) is 10.2 Å². The summed E-state index contributed by atoms with van der Waals surface area (Å²) in [5.41, 5.74) is 0. The fourth-order valence-electron chi connectivity index (χ4n) is 2.40. The summed E-state index contributed by atoms with van der Waals surface area (Å²) in [6.45, 7) is 6.65. The van der Waals surface area contributed by atoms with Crippen LogP contribution in [0.5, 0.6) is 0 Å². The molecule has 4 heteroatoms. The smallest absolute Gasteiger partial charge is 0.169 e. The molecule has 0 aliphatic carbocycles. The second kappa shape index (κ2) is 6.57. The molecule has 0 bridgehead atoms. The summed E-state index contributed by atoms with van der Waals surface area (Å²) in [7, 11) is 0. The highest BCUT2D eigenvalue weighted by Crippen LogP contribution is 2.29. The molecule has 3 nitrogen and oxygen atoms in total. The fraction of sp³-hybridized carbons (Fsp3) is 0.692. The first-order chi connectivity index (χ1) is 8.31. The van der Waals surface area contributed by atoms with Gasteiger partial charge in [-0.15, -0.1) is 0 Å².